The lowest BCUT2D eigenvalue weighted by Gasteiger charge is -2.23. The lowest BCUT2D eigenvalue weighted by atomic mass is 10.1. The second kappa shape index (κ2) is 7.64. The standard InChI is InChI=1S/C21H23N3O/c1-3-8-17(9-4-1)21-18(14-22-19-10-7-13-25-16-19)15-24(23-21)20-11-5-2-6-12-20/h1-6,8-9,11-12,15,19,22H,7,10,13-14,16H2. The van der Waals surface area contributed by atoms with Crippen LogP contribution in [0.1, 0.15) is 18.4 Å². The first-order valence-electron chi connectivity index (χ1n) is 8.91. The molecule has 0 saturated carbocycles. The average molecular weight is 333 g/mol. The van der Waals surface area contributed by atoms with Crippen molar-refractivity contribution >= 4 is 0 Å². The highest BCUT2D eigenvalue weighted by molar-refractivity contribution is 5.63. The summed E-state index contributed by atoms with van der Waals surface area (Å²) in [4.78, 5) is 0. The third kappa shape index (κ3) is 3.81. The van der Waals surface area contributed by atoms with Crippen LogP contribution in [0.2, 0.25) is 0 Å². The zero-order valence-electron chi connectivity index (χ0n) is 14.3. The van der Waals surface area contributed by atoms with E-state index in [1.165, 1.54) is 12.0 Å². The van der Waals surface area contributed by atoms with E-state index in [0.717, 1.165) is 43.1 Å². The Labute approximate surface area is 148 Å². The van der Waals surface area contributed by atoms with Crippen LogP contribution in [0.25, 0.3) is 16.9 Å². The minimum absolute atomic E-state index is 0.428. The molecular weight excluding hydrogens is 310 g/mol. The maximum atomic E-state index is 5.58. The van der Waals surface area contributed by atoms with E-state index >= 15 is 0 Å². The normalized spacial score (nSPS) is 17.5. The SMILES string of the molecule is c1ccc(-c2nn(-c3ccccc3)cc2CNC2CCCOC2)cc1. The molecule has 2 heterocycles. The first-order valence-corrected chi connectivity index (χ1v) is 8.91. The molecular formula is C21H23N3O. The molecule has 1 aromatic heterocycles. The molecule has 1 N–H and O–H groups in total. The number of aromatic nitrogens is 2. The van der Waals surface area contributed by atoms with Gasteiger partial charge >= 0.3 is 0 Å². The molecule has 128 valence electrons. The molecule has 1 unspecified atom stereocenters. The summed E-state index contributed by atoms with van der Waals surface area (Å²) in [7, 11) is 0. The van der Waals surface area contributed by atoms with Crippen molar-refractivity contribution in [2.24, 2.45) is 0 Å². The smallest absolute Gasteiger partial charge is 0.0972 e. The predicted octanol–water partition coefficient (Wildman–Crippen LogP) is 3.81. The Morgan fingerprint density at radius 2 is 1.80 bits per heavy atom. The summed E-state index contributed by atoms with van der Waals surface area (Å²) in [5.74, 6) is 0. The molecule has 3 aromatic rings. The van der Waals surface area contributed by atoms with Crippen LogP contribution in [-0.4, -0.2) is 29.0 Å². The van der Waals surface area contributed by atoms with Gasteiger partial charge in [-0.05, 0) is 25.0 Å². The molecule has 4 nitrogen and oxygen atoms in total. The van der Waals surface area contributed by atoms with E-state index in [-0.39, 0.29) is 0 Å². The minimum atomic E-state index is 0.428. The van der Waals surface area contributed by atoms with Gasteiger partial charge in [0, 0.05) is 36.5 Å². The van der Waals surface area contributed by atoms with Gasteiger partial charge in [0.1, 0.15) is 0 Å². The Morgan fingerprint density at radius 1 is 1.04 bits per heavy atom. The summed E-state index contributed by atoms with van der Waals surface area (Å²) in [5.41, 5.74) is 4.47. The largest absolute Gasteiger partial charge is 0.380 e. The summed E-state index contributed by atoms with van der Waals surface area (Å²) < 4.78 is 7.55. The lowest BCUT2D eigenvalue weighted by Crippen LogP contribution is -2.36. The summed E-state index contributed by atoms with van der Waals surface area (Å²) in [6.07, 6.45) is 4.44. The number of nitrogens with zero attached hydrogens (tertiary/aromatic N) is 2. The zero-order chi connectivity index (χ0) is 16.9. The molecule has 25 heavy (non-hydrogen) atoms. The number of ether oxygens (including phenoxy) is 1. The monoisotopic (exact) mass is 333 g/mol. The molecule has 0 aliphatic carbocycles. The van der Waals surface area contributed by atoms with Crippen LogP contribution in [0.4, 0.5) is 0 Å². The van der Waals surface area contributed by atoms with E-state index in [9.17, 15) is 0 Å². The summed E-state index contributed by atoms with van der Waals surface area (Å²) in [6.45, 7) is 2.48. The van der Waals surface area contributed by atoms with Crippen molar-refractivity contribution in [3.05, 3.63) is 72.4 Å². The van der Waals surface area contributed by atoms with E-state index in [2.05, 4.69) is 47.9 Å². The zero-order valence-corrected chi connectivity index (χ0v) is 14.3. The Bertz CT molecular complexity index is 793. The molecule has 1 fully saturated rings. The van der Waals surface area contributed by atoms with Gasteiger partial charge in [0.05, 0.1) is 18.0 Å². The van der Waals surface area contributed by atoms with Crippen LogP contribution in [-0.2, 0) is 11.3 Å². The number of nitrogens with one attached hydrogen (secondary N) is 1. The van der Waals surface area contributed by atoms with Crippen molar-refractivity contribution in [2.45, 2.75) is 25.4 Å². The van der Waals surface area contributed by atoms with Gasteiger partial charge in [0.15, 0.2) is 0 Å². The number of hydrogen-bond acceptors (Lipinski definition) is 3. The van der Waals surface area contributed by atoms with Crippen molar-refractivity contribution in [3.63, 3.8) is 0 Å². The Balaban J connectivity index is 1.62. The fraction of sp³-hybridized carbons (Fsp3) is 0.286. The van der Waals surface area contributed by atoms with Crippen LogP contribution >= 0.6 is 0 Å². The highest BCUT2D eigenvalue weighted by Gasteiger charge is 2.16. The first-order chi connectivity index (χ1) is 12.4. The fourth-order valence-electron chi connectivity index (χ4n) is 3.25. The molecule has 0 amide bonds. The lowest BCUT2D eigenvalue weighted by molar-refractivity contribution is 0.0699. The predicted molar refractivity (Wildman–Crippen MR) is 99.7 cm³/mol. The van der Waals surface area contributed by atoms with Gasteiger partial charge in [-0.25, -0.2) is 4.68 Å². The van der Waals surface area contributed by atoms with Gasteiger partial charge < -0.3 is 10.1 Å². The van der Waals surface area contributed by atoms with Crippen molar-refractivity contribution in [1.82, 2.24) is 15.1 Å². The Hall–Kier alpha value is -2.43. The first kappa shape index (κ1) is 16.1. The number of benzene rings is 2. The van der Waals surface area contributed by atoms with E-state index in [1.807, 2.05) is 28.9 Å². The third-order valence-corrected chi connectivity index (χ3v) is 4.60. The highest BCUT2D eigenvalue weighted by atomic mass is 16.5. The van der Waals surface area contributed by atoms with Crippen LogP contribution in [0, 0.1) is 0 Å². The summed E-state index contributed by atoms with van der Waals surface area (Å²) >= 11 is 0. The molecule has 4 rings (SSSR count). The van der Waals surface area contributed by atoms with E-state index < -0.39 is 0 Å². The van der Waals surface area contributed by atoms with Crippen LogP contribution in [0.3, 0.4) is 0 Å². The van der Waals surface area contributed by atoms with Gasteiger partial charge in [0.25, 0.3) is 0 Å². The van der Waals surface area contributed by atoms with Crippen LogP contribution in [0.15, 0.2) is 66.9 Å². The molecule has 2 aromatic carbocycles. The summed E-state index contributed by atoms with van der Waals surface area (Å²) in [5, 5.41) is 8.49. The second-order valence-electron chi connectivity index (χ2n) is 6.44. The maximum absolute atomic E-state index is 5.58. The number of rotatable bonds is 5. The van der Waals surface area contributed by atoms with E-state index in [1.54, 1.807) is 0 Å². The molecule has 4 heteroatoms. The topological polar surface area (TPSA) is 39.1 Å². The molecule has 0 spiro atoms. The molecule has 1 atom stereocenters. The van der Waals surface area contributed by atoms with Crippen molar-refractivity contribution in [2.75, 3.05) is 13.2 Å². The maximum Gasteiger partial charge on any atom is 0.0972 e. The molecule has 0 bridgehead atoms. The van der Waals surface area contributed by atoms with Crippen molar-refractivity contribution in [3.8, 4) is 16.9 Å². The van der Waals surface area contributed by atoms with Crippen molar-refractivity contribution < 1.29 is 4.74 Å². The highest BCUT2D eigenvalue weighted by Crippen LogP contribution is 2.24. The van der Waals surface area contributed by atoms with Crippen LogP contribution < -0.4 is 5.32 Å². The molecule has 1 saturated heterocycles. The van der Waals surface area contributed by atoms with Gasteiger partial charge in [-0.1, -0.05) is 48.5 Å². The van der Waals surface area contributed by atoms with Gasteiger partial charge in [-0.3, -0.25) is 0 Å². The van der Waals surface area contributed by atoms with Crippen LogP contribution in [0.5, 0.6) is 0 Å². The number of para-hydroxylation sites is 1. The minimum Gasteiger partial charge on any atom is -0.380 e. The number of hydrogen-bond donors (Lipinski definition) is 1. The second-order valence-corrected chi connectivity index (χ2v) is 6.44. The fourth-order valence-corrected chi connectivity index (χ4v) is 3.25. The summed E-state index contributed by atoms with van der Waals surface area (Å²) in [6, 6.07) is 21.1. The molecule has 1 aliphatic rings. The van der Waals surface area contributed by atoms with Gasteiger partial charge in [-0.2, -0.15) is 5.10 Å². The average Bonchev–Trinajstić information content (AvgIpc) is 3.13. The third-order valence-electron chi connectivity index (χ3n) is 4.60. The Kier molecular flexibility index (Phi) is 4.91. The van der Waals surface area contributed by atoms with Gasteiger partial charge in [-0.15, -0.1) is 0 Å². The Morgan fingerprint density at radius 3 is 2.52 bits per heavy atom. The molecule has 0 radical (unpaired) electrons. The quantitative estimate of drug-likeness (QED) is 0.772. The van der Waals surface area contributed by atoms with Gasteiger partial charge in [0.2, 0.25) is 0 Å². The van der Waals surface area contributed by atoms with Crippen molar-refractivity contribution in [1.29, 1.82) is 0 Å². The van der Waals surface area contributed by atoms with E-state index in [0.29, 0.717) is 6.04 Å². The van der Waals surface area contributed by atoms with E-state index in [4.69, 9.17) is 9.84 Å². The molecule has 1 aliphatic heterocycles.